The van der Waals surface area contributed by atoms with Gasteiger partial charge in [-0.25, -0.2) is 19.1 Å². The molecule has 2 heterocycles. The van der Waals surface area contributed by atoms with Crippen LogP contribution in [0.1, 0.15) is 18.2 Å². The summed E-state index contributed by atoms with van der Waals surface area (Å²) in [5.74, 6) is -0.582. The number of rotatable bonds is 4. The van der Waals surface area contributed by atoms with E-state index in [1.54, 1.807) is 6.07 Å². The topological polar surface area (TPSA) is 62.7 Å². The molecule has 1 aliphatic rings. The number of ether oxygens (including phenoxy) is 1. The largest absolute Gasteiger partial charge is 0.446 e. The molecular weight excluding hydrogens is 373 g/mol. The average molecular weight is 392 g/mol. The fourth-order valence-electron chi connectivity index (χ4n) is 2.95. The van der Waals surface area contributed by atoms with E-state index >= 15 is 0 Å². The number of carbonyl (C=O) groups is 2. The molecule has 142 valence electrons. The fraction of sp³-hybridized carbons (Fsp3) is 0.316. The van der Waals surface area contributed by atoms with E-state index in [9.17, 15) is 14.0 Å². The van der Waals surface area contributed by atoms with Crippen LogP contribution in [-0.2, 0) is 16.0 Å². The van der Waals surface area contributed by atoms with Crippen LogP contribution in [-0.4, -0.2) is 36.7 Å². The van der Waals surface area contributed by atoms with Gasteiger partial charge in [0.05, 0.1) is 5.02 Å². The van der Waals surface area contributed by atoms with Gasteiger partial charge in [-0.05, 0) is 49.2 Å². The number of hydrogen-bond donors (Lipinski definition) is 0. The van der Waals surface area contributed by atoms with Crippen LogP contribution in [0.25, 0.3) is 0 Å². The third-order valence-corrected chi connectivity index (χ3v) is 4.72. The zero-order chi connectivity index (χ0) is 19.7. The SMILES string of the molecule is CCc1cc(C)nc(N2C(=O)OCC2C(=O)N(C)c2ccc(F)c(Cl)c2)c1. The minimum Gasteiger partial charge on any atom is -0.446 e. The van der Waals surface area contributed by atoms with Gasteiger partial charge in [0.15, 0.2) is 6.04 Å². The monoisotopic (exact) mass is 391 g/mol. The van der Waals surface area contributed by atoms with Crippen LogP contribution < -0.4 is 9.80 Å². The summed E-state index contributed by atoms with van der Waals surface area (Å²) in [6.07, 6.45) is 0.144. The Hall–Kier alpha value is -2.67. The minimum atomic E-state index is -0.870. The number of aromatic nitrogens is 1. The highest BCUT2D eigenvalue weighted by molar-refractivity contribution is 6.31. The maximum atomic E-state index is 13.4. The molecule has 27 heavy (non-hydrogen) atoms. The number of benzene rings is 1. The lowest BCUT2D eigenvalue weighted by molar-refractivity contribution is -0.119. The summed E-state index contributed by atoms with van der Waals surface area (Å²) in [5.41, 5.74) is 2.16. The molecular formula is C19H19ClFN3O3. The van der Waals surface area contributed by atoms with Gasteiger partial charge in [0.25, 0.3) is 5.91 Å². The molecule has 0 saturated carbocycles. The molecule has 1 saturated heterocycles. The van der Waals surface area contributed by atoms with E-state index in [1.807, 2.05) is 19.9 Å². The molecule has 1 aromatic carbocycles. The molecule has 1 aliphatic heterocycles. The van der Waals surface area contributed by atoms with Crippen LogP contribution in [0.15, 0.2) is 30.3 Å². The second-order valence-corrected chi connectivity index (χ2v) is 6.69. The van der Waals surface area contributed by atoms with Crippen LogP contribution in [0, 0.1) is 12.7 Å². The van der Waals surface area contributed by atoms with Gasteiger partial charge in [0.2, 0.25) is 0 Å². The lowest BCUT2D eigenvalue weighted by Crippen LogP contribution is -2.47. The summed E-state index contributed by atoms with van der Waals surface area (Å²) in [7, 11) is 1.54. The highest BCUT2D eigenvalue weighted by Crippen LogP contribution is 2.27. The number of anilines is 2. The quantitative estimate of drug-likeness (QED) is 0.796. The molecule has 2 aromatic rings. The van der Waals surface area contributed by atoms with Crippen molar-refractivity contribution >= 4 is 35.1 Å². The Labute approximate surface area is 161 Å². The molecule has 0 radical (unpaired) electrons. The van der Waals surface area contributed by atoms with Crippen molar-refractivity contribution in [2.75, 3.05) is 23.5 Å². The lowest BCUT2D eigenvalue weighted by Gasteiger charge is -2.25. The molecule has 3 rings (SSSR count). The Bertz CT molecular complexity index is 906. The van der Waals surface area contributed by atoms with E-state index in [2.05, 4.69) is 4.98 Å². The smallest absolute Gasteiger partial charge is 0.416 e. The molecule has 1 atom stereocenters. The van der Waals surface area contributed by atoms with Gasteiger partial charge in [-0.1, -0.05) is 18.5 Å². The summed E-state index contributed by atoms with van der Waals surface area (Å²) in [6.45, 7) is 3.73. The first-order valence-electron chi connectivity index (χ1n) is 8.48. The van der Waals surface area contributed by atoms with Crippen molar-refractivity contribution in [2.45, 2.75) is 26.3 Å². The Morgan fingerprint density at radius 2 is 2.15 bits per heavy atom. The van der Waals surface area contributed by atoms with Crippen LogP contribution in [0.5, 0.6) is 0 Å². The fourth-order valence-corrected chi connectivity index (χ4v) is 3.12. The van der Waals surface area contributed by atoms with E-state index in [1.165, 1.54) is 35.0 Å². The van der Waals surface area contributed by atoms with Gasteiger partial charge < -0.3 is 9.64 Å². The molecule has 2 amide bonds. The predicted molar refractivity (Wildman–Crippen MR) is 101 cm³/mol. The number of hydrogen-bond acceptors (Lipinski definition) is 4. The first kappa shape index (κ1) is 19.1. The number of aryl methyl sites for hydroxylation is 2. The molecule has 6 nitrogen and oxygen atoms in total. The highest BCUT2D eigenvalue weighted by Gasteiger charge is 2.41. The third kappa shape index (κ3) is 3.73. The van der Waals surface area contributed by atoms with E-state index < -0.39 is 18.0 Å². The van der Waals surface area contributed by atoms with Crippen LogP contribution in [0.3, 0.4) is 0 Å². The molecule has 0 bridgehead atoms. The number of halogens is 2. The van der Waals surface area contributed by atoms with Crippen molar-refractivity contribution in [3.8, 4) is 0 Å². The molecule has 8 heteroatoms. The van der Waals surface area contributed by atoms with Gasteiger partial charge in [0, 0.05) is 18.4 Å². The van der Waals surface area contributed by atoms with Crippen molar-refractivity contribution in [2.24, 2.45) is 0 Å². The number of amides is 2. The summed E-state index contributed by atoms with van der Waals surface area (Å²) in [6, 6.07) is 6.82. The Balaban J connectivity index is 1.92. The van der Waals surface area contributed by atoms with E-state index in [0.29, 0.717) is 11.5 Å². The molecule has 0 spiro atoms. The van der Waals surface area contributed by atoms with Crippen LogP contribution in [0.2, 0.25) is 5.02 Å². The van der Waals surface area contributed by atoms with Crippen molar-refractivity contribution in [1.82, 2.24) is 4.98 Å². The second-order valence-electron chi connectivity index (χ2n) is 6.29. The average Bonchev–Trinajstić information content (AvgIpc) is 3.03. The highest BCUT2D eigenvalue weighted by atomic mass is 35.5. The lowest BCUT2D eigenvalue weighted by atomic mass is 10.1. The van der Waals surface area contributed by atoms with Gasteiger partial charge in [-0.15, -0.1) is 0 Å². The molecule has 0 N–H and O–H groups in total. The second kappa shape index (κ2) is 7.52. The third-order valence-electron chi connectivity index (χ3n) is 4.43. The van der Waals surface area contributed by atoms with Gasteiger partial charge >= 0.3 is 6.09 Å². The van der Waals surface area contributed by atoms with Gasteiger partial charge in [-0.2, -0.15) is 0 Å². The zero-order valence-electron chi connectivity index (χ0n) is 15.2. The molecule has 1 fully saturated rings. The minimum absolute atomic E-state index is 0.0873. The van der Waals surface area contributed by atoms with E-state index in [0.717, 1.165) is 17.7 Å². The standard InChI is InChI=1S/C19H19ClFN3O3/c1-4-12-7-11(2)22-17(8-12)24-16(10-27-19(24)26)18(25)23(3)13-5-6-15(21)14(20)9-13/h5-9,16H,4,10H2,1-3H3. The predicted octanol–water partition coefficient (Wildman–Crippen LogP) is 3.73. The number of likely N-dealkylation sites (N-methyl/N-ethyl adjacent to an activating group) is 1. The zero-order valence-corrected chi connectivity index (χ0v) is 16.0. The van der Waals surface area contributed by atoms with Crippen LogP contribution in [0.4, 0.5) is 20.7 Å². The summed E-state index contributed by atoms with van der Waals surface area (Å²) in [4.78, 5) is 32.2. The number of carbonyl (C=O) groups excluding carboxylic acids is 2. The normalized spacial score (nSPS) is 16.4. The van der Waals surface area contributed by atoms with Crippen molar-refractivity contribution in [3.05, 3.63) is 52.4 Å². The van der Waals surface area contributed by atoms with Gasteiger partial charge in [0.1, 0.15) is 18.2 Å². The van der Waals surface area contributed by atoms with Crippen molar-refractivity contribution in [3.63, 3.8) is 0 Å². The van der Waals surface area contributed by atoms with Crippen LogP contribution >= 0.6 is 11.6 Å². The summed E-state index contributed by atoms with van der Waals surface area (Å²) >= 11 is 5.81. The number of nitrogens with zero attached hydrogens (tertiary/aromatic N) is 3. The van der Waals surface area contributed by atoms with E-state index in [-0.39, 0.29) is 17.5 Å². The van der Waals surface area contributed by atoms with Crippen molar-refractivity contribution < 1.29 is 18.7 Å². The molecule has 1 unspecified atom stereocenters. The molecule has 1 aromatic heterocycles. The summed E-state index contributed by atoms with van der Waals surface area (Å²) < 4.78 is 18.5. The summed E-state index contributed by atoms with van der Waals surface area (Å²) in [5, 5.41) is -0.0873. The van der Waals surface area contributed by atoms with Crippen molar-refractivity contribution in [1.29, 1.82) is 0 Å². The number of cyclic esters (lactones) is 1. The number of pyridine rings is 1. The Morgan fingerprint density at radius 3 is 2.81 bits per heavy atom. The Morgan fingerprint density at radius 1 is 1.41 bits per heavy atom. The maximum Gasteiger partial charge on any atom is 0.416 e. The first-order chi connectivity index (χ1) is 12.8. The first-order valence-corrected chi connectivity index (χ1v) is 8.85. The van der Waals surface area contributed by atoms with Gasteiger partial charge in [-0.3, -0.25) is 4.79 Å². The maximum absolute atomic E-state index is 13.4. The van der Waals surface area contributed by atoms with E-state index in [4.69, 9.17) is 16.3 Å². The molecule has 0 aliphatic carbocycles. The Kier molecular flexibility index (Phi) is 5.32.